The summed E-state index contributed by atoms with van der Waals surface area (Å²) < 4.78 is 0. The number of rotatable bonds is 6. The van der Waals surface area contributed by atoms with E-state index in [1.807, 2.05) is 12.1 Å². The van der Waals surface area contributed by atoms with Crippen LogP contribution >= 0.6 is 0 Å². The molecule has 0 aromatic heterocycles. The number of piperazine rings is 1. The summed E-state index contributed by atoms with van der Waals surface area (Å²) in [7, 11) is 0. The zero-order valence-electron chi connectivity index (χ0n) is 17.2. The minimum Gasteiger partial charge on any atom is -0.372 e. The van der Waals surface area contributed by atoms with E-state index < -0.39 is 0 Å². The van der Waals surface area contributed by atoms with E-state index in [-0.39, 0.29) is 5.91 Å². The van der Waals surface area contributed by atoms with E-state index in [9.17, 15) is 4.79 Å². The Labute approximate surface area is 174 Å². The highest BCUT2D eigenvalue weighted by Crippen LogP contribution is 2.21. The van der Waals surface area contributed by atoms with Crippen LogP contribution in [0.25, 0.3) is 0 Å². The topological polar surface area (TPSA) is 38.8 Å². The van der Waals surface area contributed by atoms with Crippen molar-refractivity contribution in [2.45, 2.75) is 25.8 Å². The number of benzene rings is 2. The molecule has 0 atom stereocenters. The number of nitrogens with one attached hydrogen (secondary N) is 1. The Bertz CT molecular complexity index is 763. The van der Waals surface area contributed by atoms with Crippen molar-refractivity contribution >= 4 is 17.3 Å². The SMILES string of the molecule is O=C(CN1CCN(Cc2ccccc2)CC1)Nc1ccc(N2CCCCC2)cc1. The number of carbonyl (C=O) groups excluding carboxylic acids is 1. The Morgan fingerprint density at radius 2 is 1.41 bits per heavy atom. The van der Waals surface area contributed by atoms with Crippen molar-refractivity contribution < 1.29 is 4.79 Å². The highest BCUT2D eigenvalue weighted by Gasteiger charge is 2.19. The normalized spacial score (nSPS) is 18.6. The highest BCUT2D eigenvalue weighted by molar-refractivity contribution is 5.92. The zero-order valence-corrected chi connectivity index (χ0v) is 17.2. The van der Waals surface area contributed by atoms with Gasteiger partial charge in [0.15, 0.2) is 0 Å². The molecule has 0 unspecified atom stereocenters. The van der Waals surface area contributed by atoms with E-state index in [2.05, 4.69) is 62.5 Å². The van der Waals surface area contributed by atoms with Crippen LogP contribution < -0.4 is 10.2 Å². The van der Waals surface area contributed by atoms with Crippen molar-refractivity contribution in [3.8, 4) is 0 Å². The molecule has 0 radical (unpaired) electrons. The van der Waals surface area contributed by atoms with Gasteiger partial charge >= 0.3 is 0 Å². The Balaban J connectivity index is 1.20. The van der Waals surface area contributed by atoms with Crippen molar-refractivity contribution in [1.29, 1.82) is 0 Å². The van der Waals surface area contributed by atoms with Gasteiger partial charge in [0.05, 0.1) is 6.54 Å². The fourth-order valence-corrected chi connectivity index (χ4v) is 4.26. The minimum absolute atomic E-state index is 0.0761. The average molecular weight is 393 g/mol. The molecular weight excluding hydrogens is 360 g/mol. The molecular formula is C24H32N4O. The fraction of sp³-hybridized carbons (Fsp3) is 0.458. The molecule has 1 amide bonds. The number of anilines is 2. The van der Waals surface area contributed by atoms with Gasteiger partial charge in [0.1, 0.15) is 0 Å². The molecule has 29 heavy (non-hydrogen) atoms. The largest absolute Gasteiger partial charge is 0.372 e. The van der Waals surface area contributed by atoms with E-state index >= 15 is 0 Å². The van der Waals surface area contributed by atoms with Gasteiger partial charge in [-0.15, -0.1) is 0 Å². The van der Waals surface area contributed by atoms with Crippen LogP contribution in [0.15, 0.2) is 54.6 Å². The molecule has 2 aliphatic heterocycles. The van der Waals surface area contributed by atoms with Crippen LogP contribution in [0.4, 0.5) is 11.4 Å². The van der Waals surface area contributed by atoms with Crippen LogP contribution in [0.3, 0.4) is 0 Å². The van der Waals surface area contributed by atoms with Gasteiger partial charge in [0, 0.05) is 57.2 Å². The molecule has 154 valence electrons. The van der Waals surface area contributed by atoms with Gasteiger partial charge in [-0.1, -0.05) is 30.3 Å². The molecule has 0 aliphatic carbocycles. The lowest BCUT2D eigenvalue weighted by Crippen LogP contribution is -2.48. The summed E-state index contributed by atoms with van der Waals surface area (Å²) in [6, 6.07) is 18.9. The Morgan fingerprint density at radius 1 is 0.759 bits per heavy atom. The van der Waals surface area contributed by atoms with E-state index in [1.54, 1.807) is 0 Å². The van der Waals surface area contributed by atoms with Crippen LogP contribution in [-0.4, -0.2) is 61.5 Å². The number of hydrogen-bond donors (Lipinski definition) is 1. The van der Waals surface area contributed by atoms with E-state index in [1.165, 1.54) is 30.5 Å². The Kier molecular flexibility index (Phi) is 6.80. The molecule has 5 nitrogen and oxygen atoms in total. The third-order valence-corrected chi connectivity index (χ3v) is 5.95. The van der Waals surface area contributed by atoms with Gasteiger partial charge in [-0.25, -0.2) is 0 Å². The Morgan fingerprint density at radius 3 is 2.10 bits per heavy atom. The summed E-state index contributed by atoms with van der Waals surface area (Å²) in [5, 5.41) is 3.06. The lowest BCUT2D eigenvalue weighted by atomic mass is 10.1. The number of amides is 1. The number of piperidine rings is 1. The van der Waals surface area contributed by atoms with Crippen molar-refractivity contribution in [3.05, 3.63) is 60.2 Å². The highest BCUT2D eigenvalue weighted by atomic mass is 16.2. The molecule has 2 fully saturated rings. The van der Waals surface area contributed by atoms with Gasteiger partial charge in [-0.3, -0.25) is 14.6 Å². The molecule has 5 heteroatoms. The summed E-state index contributed by atoms with van der Waals surface area (Å²) in [5.41, 5.74) is 3.50. The van der Waals surface area contributed by atoms with Crippen molar-refractivity contribution in [1.82, 2.24) is 9.80 Å². The van der Waals surface area contributed by atoms with Crippen LogP contribution in [0.1, 0.15) is 24.8 Å². The standard InChI is InChI=1S/C24H32N4O/c29-24(25-22-9-11-23(12-10-22)28-13-5-2-6-14-28)20-27-17-15-26(16-18-27)19-21-7-3-1-4-8-21/h1,3-4,7-12H,2,5-6,13-20H2,(H,25,29). The van der Waals surface area contributed by atoms with Crippen molar-refractivity contribution in [3.63, 3.8) is 0 Å². The van der Waals surface area contributed by atoms with Gasteiger partial charge in [0.25, 0.3) is 0 Å². The molecule has 2 aromatic rings. The van der Waals surface area contributed by atoms with Gasteiger partial charge in [-0.05, 0) is 49.1 Å². The molecule has 0 spiro atoms. The second-order valence-corrected chi connectivity index (χ2v) is 8.18. The molecule has 2 aromatic carbocycles. The van der Waals surface area contributed by atoms with E-state index in [4.69, 9.17) is 0 Å². The summed E-state index contributed by atoms with van der Waals surface area (Å²) in [5.74, 6) is 0.0761. The predicted octanol–water partition coefficient (Wildman–Crippen LogP) is 3.43. The quantitative estimate of drug-likeness (QED) is 0.817. The number of carbonyl (C=O) groups is 1. The van der Waals surface area contributed by atoms with Gasteiger partial charge in [0.2, 0.25) is 5.91 Å². The van der Waals surface area contributed by atoms with Crippen LogP contribution in [0.5, 0.6) is 0 Å². The van der Waals surface area contributed by atoms with E-state index in [0.29, 0.717) is 6.54 Å². The number of nitrogens with zero attached hydrogens (tertiary/aromatic N) is 3. The van der Waals surface area contributed by atoms with E-state index in [0.717, 1.165) is 51.5 Å². The first-order chi connectivity index (χ1) is 14.3. The average Bonchev–Trinajstić information content (AvgIpc) is 2.77. The monoisotopic (exact) mass is 392 g/mol. The third-order valence-electron chi connectivity index (χ3n) is 5.95. The summed E-state index contributed by atoms with van der Waals surface area (Å²) in [6.45, 7) is 7.63. The lowest BCUT2D eigenvalue weighted by molar-refractivity contribution is -0.117. The van der Waals surface area contributed by atoms with Crippen molar-refractivity contribution in [2.24, 2.45) is 0 Å². The maximum Gasteiger partial charge on any atom is 0.238 e. The first kappa shape index (κ1) is 19.9. The summed E-state index contributed by atoms with van der Waals surface area (Å²) in [6.07, 6.45) is 3.89. The first-order valence-electron chi connectivity index (χ1n) is 10.9. The summed E-state index contributed by atoms with van der Waals surface area (Å²) in [4.78, 5) is 19.6. The molecule has 2 heterocycles. The second kappa shape index (κ2) is 9.90. The van der Waals surface area contributed by atoms with Gasteiger partial charge < -0.3 is 10.2 Å². The number of hydrogen-bond acceptors (Lipinski definition) is 4. The molecule has 2 aliphatic rings. The third kappa shape index (κ3) is 5.81. The first-order valence-corrected chi connectivity index (χ1v) is 10.9. The smallest absolute Gasteiger partial charge is 0.238 e. The molecule has 2 saturated heterocycles. The maximum atomic E-state index is 12.5. The zero-order chi connectivity index (χ0) is 19.9. The van der Waals surface area contributed by atoms with Crippen LogP contribution in [0.2, 0.25) is 0 Å². The molecule has 1 N–H and O–H groups in total. The minimum atomic E-state index is 0.0761. The lowest BCUT2D eigenvalue weighted by Gasteiger charge is -2.34. The van der Waals surface area contributed by atoms with Crippen molar-refractivity contribution in [2.75, 3.05) is 56.0 Å². The van der Waals surface area contributed by atoms with Crippen LogP contribution in [-0.2, 0) is 11.3 Å². The molecule has 0 bridgehead atoms. The van der Waals surface area contributed by atoms with Crippen LogP contribution in [0, 0.1) is 0 Å². The maximum absolute atomic E-state index is 12.5. The predicted molar refractivity (Wildman–Crippen MR) is 119 cm³/mol. The Hall–Kier alpha value is -2.37. The molecule has 4 rings (SSSR count). The van der Waals surface area contributed by atoms with Gasteiger partial charge in [-0.2, -0.15) is 0 Å². The summed E-state index contributed by atoms with van der Waals surface area (Å²) >= 11 is 0. The fourth-order valence-electron chi connectivity index (χ4n) is 4.26. The molecule has 0 saturated carbocycles. The second-order valence-electron chi connectivity index (χ2n) is 8.18.